The summed E-state index contributed by atoms with van der Waals surface area (Å²) < 4.78 is 5.17. The van der Waals surface area contributed by atoms with E-state index in [2.05, 4.69) is 22.4 Å². The van der Waals surface area contributed by atoms with Crippen molar-refractivity contribution >= 4 is 0 Å². The molecule has 0 radical (unpaired) electrons. The van der Waals surface area contributed by atoms with E-state index in [9.17, 15) is 5.11 Å². The first-order valence-corrected chi connectivity index (χ1v) is 5.48. The molecule has 2 aromatic rings. The lowest BCUT2D eigenvalue weighted by Gasteiger charge is -2.04. The van der Waals surface area contributed by atoms with E-state index in [4.69, 9.17) is 4.52 Å². The molecule has 0 aliphatic rings. The van der Waals surface area contributed by atoms with E-state index in [1.807, 2.05) is 7.05 Å². The van der Waals surface area contributed by atoms with Gasteiger partial charge >= 0.3 is 0 Å². The van der Waals surface area contributed by atoms with E-state index >= 15 is 0 Å². The van der Waals surface area contributed by atoms with Crippen LogP contribution in [-0.2, 0) is 6.42 Å². The van der Waals surface area contributed by atoms with E-state index < -0.39 is 0 Å². The minimum absolute atomic E-state index is 0.220. The first kappa shape index (κ1) is 11.6. The molecule has 0 saturated heterocycles. The van der Waals surface area contributed by atoms with Gasteiger partial charge in [0.15, 0.2) is 5.82 Å². The molecule has 5 nitrogen and oxygen atoms in total. The highest BCUT2D eigenvalue weighted by Gasteiger charge is 2.10. The largest absolute Gasteiger partial charge is 0.508 e. The molecule has 1 unspecified atom stereocenters. The van der Waals surface area contributed by atoms with E-state index in [0.29, 0.717) is 17.8 Å². The number of likely N-dealkylation sites (N-methyl/N-ethyl adjacent to an activating group) is 1. The number of phenolic OH excluding ortho intramolecular Hbond substituents is 1. The van der Waals surface area contributed by atoms with Crippen molar-refractivity contribution in [1.82, 2.24) is 15.5 Å². The molecule has 5 heteroatoms. The number of aromatic hydroxyl groups is 1. The number of rotatable bonds is 4. The van der Waals surface area contributed by atoms with Crippen LogP contribution in [0.2, 0.25) is 0 Å². The standard InChI is InChI=1S/C12H15N3O2/c1-8(13-2)7-11-14-12(17-15-11)9-3-5-10(16)6-4-9/h3-6,8,13,16H,7H2,1-2H3. The number of aromatic nitrogens is 2. The van der Waals surface area contributed by atoms with Crippen molar-refractivity contribution in [2.45, 2.75) is 19.4 Å². The molecule has 0 bridgehead atoms. The molecule has 0 amide bonds. The van der Waals surface area contributed by atoms with Crippen molar-refractivity contribution in [3.8, 4) is 17.2 Å². The van der Waals surface area contributed by atoms with Gasteiger partial charge in [-0.1, -0.05) is 5.16 Å². The van der Waals surface area contributed by atoms with E-state index in [-0.39, 0.29) is 5.75 Å². The van der Waals surface area contributed by atoms with Gasteiger partial charge < -0.3 is 14.9 Å². The van der Waals surface area contributed by atoms with Crippen LogP contribution in [0.5, 0.6) is 5.75 Å². The van der Waals surface area contributed by atoms with Gasteiger partial charge in [-0.05, 0) is 38.2 Å². The number of nitrogens with one attached hydrogen (secondary N) is 1. The maximum absolute atomic E-state index is 9.18. The molecule has 1 atom stereocenters. The fraction of sp³-hybridized carbons (Fsp3) is 0.333. The number of phenols is 1. The number of nitrogens with zero attached hydrogens (tertiary/aromatic N) is 2. The zero-order chi connectivity index (χ0) is 12.3. The third-order valence-electron chi connectivity index (χ3n) is 2.56. The molecule has 0 aliphatic heterocycles. The first-order valence-electron chi connectivity index (χ1n) is 5.48. The van der Waals surface area contributed by atoms with Crippen molar-refractivity contribution in [3.05, 3.63) is 30.1 Å². The van der Waals surface area contributed by atoms with Gasteiger partial charge in [0.2, 0.25) is 0 Å². The maximum Gasteiger partial charge on any atom is 0.257 e. The fourth-order valence-corrected chi connectivity index (χ4v) is 1.43. The van der Waals surface area contributed by atoms with E-state index in [1.54, 1.807) is 24.3 Å². The molecule has 1 aromatic carbocycles. The Morgan fingerprint density at radius 3 is 2.71 bits per heavy atom. The van der Waals surface area contributed by atoms with Gasteiger partial charge in [0.05, 0.1) is 0 Å². The van der Waals surface area contributed by atoms with Crippen LogP contribution in [0, 0.1) is 0 Å². The SMILES string of the molecule is CNC(C)Cc1noc(-c2ccc(O)cc2)n1. The minimum Gasteiger partial charge on any atom is -0.508 e. The molecule has 1 aromatic heterocycles. The summed E-state index contributed by atoms with van der Waals surface area (Å²) in [5.41, 5.74) is 0.804. The average molecular weight is 233 g/mol. The normalized spacial score (nSPS) is 12.6. The highest BCUT2D eigenvalue weighted by atomic mass is 16.5. The van der Waals surface area contributed by atoms with Crippen molar-refractivity contribution in [1.29, 1.82) is 0 Å². The van der Waals surface area contributed by atoms with Crippen LogP contribution in [0.25, 0.3) is 11.5 Å². The van der Waals surface area contributed by atoms with Crippen molar-refractivity contribution in [3.63, 3.8) is 0 Å². The van der Waals surface area contributed by atoms with Gasteiger partial charge in [0.1, 0.15) is 5.75 Å². The molecule has 0 aliphatic carbocycles. The summed E-state index contributed by atoms with van der Waals surface area (Å²) in [4.78, 5) is 4.30. The topological polar surface area (TPSA) is 71.2 Å². The quantitative estimate of drug-likeness (QED) is 0.839. The second-order valence-corrected chi connectivity index (χ2v) is 3.96. The smallest absolute Gasteiger partial charge is 0.257 e. The molecule has 1 heterocycles. The molecule has 90 valence electrons. The molecule has 0 saturated carbocycles. The van der Waals surface area contributed by atoms with Crippen LogP contribution in [0.15, 0.2) is 28.8 Å². The Labute approximate surface area is 99.5 Å². The van der Waals surface area contributed by atoms with Crippen molar-refractivity contribution in [2.75, 3.05) is 7.05 Å². The molecule has 0 spiro atoms. The summed E-state index contributed by atoms with van der Waals surface area (Å²) in [6.07, 6.45) is 0.720. The number of hydrogen-bond acceptors (Lipinski definition) is 5. The molecular weight excluding hydrogens is 218 g/mol. The van der Waals surface area contributed by atoms with Crippen LogP contribution in [0.3, 0.4) is 0 Å². The predicted octanol–water partition coefficient (Wildman–Crippen LogP) is 1.59. The van der Waals surface area contributed by atoms with Gasteiger partial charge in [-0.15, -0.1) is 0 Å². The van der Waals surface area contributed by atoms with Crippen LogP contribution in [0.4, 0.5) is 0 Å². The summed E-state index contributed by atoms with van der Waals surface area (Å²) in [6, 6.07) is 6.98. The zero-order valence-electron chi connectivity index (χ0n) is 9.84. The highest BCUT2D eigenvalue weighted by Crippen LogP contribution is 2.20. The highest BCUT2D eigenvalue weighted by molar-refractivity contribution is 5.53. The number of hydrogen-bond donors (Lipinski definition) is 2. The summed E-state index contributed by atoms with van der Waals surface area (Å²) in [7, 11) is 1.89. The van der Waals surface area contributed by atoms with Crippen LogP contribution in [0.1, 0.15) is 12.7 Å². The fourth-order valence-electron chi connectivity index (χ4n) is 1.43. The summed E-state index contributed by atoms with van der Waals surface area (Å²) in [6.45, 7) is 2.05. The molecule has 2 rings (SSSR count). The van der Waals surface area contributed by atoms with Crippen LogP contribution >= 0.6 is 0 Å². The second-order valence-electron chi connectivity index (χ2n) is 3.96. The summed E-state index contributed by atoms with van der Waals surface area (Å²) >= 11 is 0. The second kappa shape index (κ2) is 4.97. The Hall–Kier alpha value is -1.88. The monoisotopic (exact) mass is 233 g/mol. The van der Waals surface area contributed by atoms with Crippen molar-refractivity contribution < 1.29 is 9.63 Å². The van der Waals surface area contributed by atoms with Gasteiger partial charge in [0, 0.05) is 18.0 Å². The van der Waals surface area contributed by atoms with Gasteiger partial charge in [0.25, 0.3) is 5.89 Å². The lowest BCUT2D eigenvalue weighted by atomic mass is 10.2. The molecule has 0 fully saturated rings. The minimum atomic E-state index is 0.220. The van der Waals surface area contributed by atoms with Gasteiger partial charge in [-0.25, -0.2) is 0 Å². The van der Waals surface area contributed by atoms with Crippen molar-refractivity contribution in [2.24, 2.45) is 0 Å². The van der Waals surface area contributed by atoms with Crippen LogP contribution in [-0.4, -0.2) is 28.3 Å². The summed E-state index contributed by atoms with van der Waals surface area (Å²) in [5, 5.41) is 16.2. The third kappa shape index (κ3) is 2.82. The molecule has 2 N–H and O–H groups in total. The third-order valence-corrected chi connectivity index (χ3v) is 2.56. The zero-order valence-corrected chi connectivity index (χ0v) is 9.84. The van der Waals surface area contributed by atoms with Gasteiger partial charge in [-0.3, -0.25) is 0 Å². The van der Waals surface area contributed by atoms with Crippen LogP contribution < -0.4 is 5.32 Å². The maximum atomic E-state index is 9.18. The lowest BCUT2D eigenvalue weighted by Crippen LogP contribution is -2.24. The average Bonchev–Trinajstić information content (AvgIpc) is 2.78. The number of benzene rings is 1. The van der Waals surface area contributed by atoms with Gasteiger partial charge in [-0.2, -0.15) is 4.98 Å². The predicted molar refractivity (Wildman–Crippen MR) is 63.6 cm³/mol. The van der Waals surface area contributed by atoms with E-state index in [1.165, 1.54) is 0 Å². The Balaban J connectivity index is 2.15. The summed E-state index contributed by atoms with van der Waals surface area (Å²) in [5.74, 6) is 1.37. The Morgan fingerprint density at radius 2 is 2.06 bits per heavy atom. The Bertz CT molecular complexity index is 479. The first-order chi connectivity index (χ1) is 8.19. The lowest BCUT2D eigenvalue weighted by molar-refractivity contribution is 0.418. The van der Waals surface area contributed by atoms with E-state index in [0.717, 1.165) is 12.0 Å². The molecular formula is C12H15N3O2. The molecule has 17 heavy (non-hydrogen) atoms. The Kier molecular flexibility index (Phi) is 3.39. The Morgan fingerprint density at radius 1 is 1.35 bits per heavy atom.